The van der Waals surface area contributed by atoms with Crippen LogP contribution in [0, 0.1) is 11.6 Å². The Morgan fingerprint density at radius 2 is 1.86 bits per heavy atom. The number of fused-ring (bicyclic) bond motifs is 1. The highest BCUT2D eigenvalue weighted by molar-refractivity contribution is 5.99. The highest BCUT2D eigenvalue weighted by Gasteiger charge is 2.20. The van der Waals surface area contributed by atoms with Gasteiger partial charge in [-0.3, -0.25) is 4.79 Å². The summed E-state index contributed by atoms with van der Waals surface area (Å²) in [6.45, 7) is 0. The molecule has 1 atom stereocenters. The molecule has 5 nitrogen and oxygen atoms in total. The van der Waals surface area contributed by atoms with Crippen molar-refractivity contribution < 1.29 is 13.6 Å². The molecule has 2 aromatic carbocycles. The highest BCUT2D eigenvalue weighted by Crippen LogP contribution is 2.21. The second kappa shape index (κ2) is 7.56. The number of benzene rings is 2. The summed E-state index contributed by atoms with van der Waals surface area (Å²) in [4.78, 5) is 17.1. The molecule has 0 aliphatic rings. The first kappa shape index (κ1) is 17.8. The standard InChI is InChI=1S/C21H16F2N4O/c22-16-6-1-4-14(10-16)11-19(15-5-2-7-17(23)12-15)26-21(28)18-13-25-27-9-3-8-24-20(18)27/h1-10,12-13,19H,11H2,(H,26,28). The Balaban J connectivity index is 1.66. The van der Waals surface area contributed by atoms with Crippen LogP contribution in [0.3, 0.4) is 0 Å². The lowest BCUT2D eigenvalue weighted by atomic mass is 9.98. The van der Waals surface area contributed by atoms with Gasteiger partial charge in [0, 0.05) is 12.4 Å². The summed E-state index contributed by atoms with van der Waals surface area (Å²) in [6.07, 6.45) is 5.00. The molecule has 1 amide bonds. The Hall–Kier alpha value is -3.61. The van der Waals surface area contributed by atoms with E-state index in [1.54, 1.807) is 42.7 Å². The maximum atomic E-state index is 13.8. The second-order valence-corrected chi connectivity index (χ2v) is 6.36. The van der Waals surface area contributed by atoms with E-state index in [-0.39, 0.29) is 11.7 Å². The van der Waals surface area contributed by atoms with Crippen LogP contribution in [-0.2, 0) is 6.42 Å². The van der Waals surface area contributed by atoms with Crippen LogP contribution < -0.4 is 5.32 Å². The lowest BCUT2D eigenvalue weighted by molar-refractivity contribution is 0.0938. The zero-order valence-corrected chi connectivity index (χ0v) is 14.7. The molecule has 28 heavy (non-hydrogen) atoms. The summed E-state index contributed by atoms with van der Waals surface area (Å²) in [5, 5.41) is 7.01. The van der Waals surface area contributed by atoms with Crippen molar-refractivity contribution in [3.05, 3.63) is 102 Å². The van der Waals surface area contributed by atoms with Gasteiger partial charge >= 0.3 is 0 Å². The molecule has 2 heterocycles. The summed E-state index contributed by atoms with van der Waals surface area (Å²) >= 11 is 0. The van der Waals surface area contributed by atoms with Gasteiger partial charge in [0.1, 0.15) is 17.2 Å². The van der Waals surface area contributed by atoms with E-state index in [9.17, 15) is 13.6 Å². The van der Waals surface area contributed by atoms with Gasteiger partial charge < -0.3 is 5.32 Å². The van der Waals surface area contributed by atoms with E-state index in [2.05, 4.69) is 15.4 Å². The van der Waals surface area contributed by atoms with Gasteiger partial charge in [-0.05, 0) is 47.9 Å². The molecule has 4 rings (SSSR count). The lowest BCUT2D eigenvalue weighted by Gasteiger charge is -2.19. The minimum Gasteiger partial charge on any atom is -0.345 e. The molecule has 7 heteroatoms. The summed E-state index contributed by atoms with van der Waals surface area (Å²) in [7, 11) is 0. The lowest BCUT2D eigenvalue weighted by Crippen LogP contribution is -2.30. The van der Waals surface area contributed by atoms with Crippen molar-refractivity contribution in [1.82, 2.24) is 19.9 Å². The zero-order valence-electron chi connectivity index (χ0n) is 14.7. The number of carbonyl (C=O) groups excluding carboxylic acids is 1. The summed E-state index contributed by atoms with van der Waals surface area (Å²) in [6, 6.07) is 13.3. The van der Waals surface area contributed by atoms with E-state index < -0.39 is 11.9 Å². The fourth-order valence-electron chi connectivity index (χ4n) is 3.10. The summed E-state index contributed by atoms with van der Waals surface area (Å²) < 4.78 is 28.8. The molecule has 0 radical (unpaired) electrons. The molecular weight excluding hydrogens is 362 g/mol. The molecule has 1 N–H and O–H groups in total. The number of hydrogen-bond donors (Lipinski definition) is 1. The molecule has 0 saturated carbocycles. The van der Waals surface area contributed by atoms with Crippen LogP contribution in [0.4, 0.5) is 8.78 Å². The Labute approximate surface area is 159 Å². The first-order valence-electron chi connectivity index (χ1n) is 8.69. The van der Waals surface area contributed by atoms with E-state index in [0.717, 1.165) is 0 Å². The van der Waals surface area contributed by atoms with Crippen molar-refractivity contribution in [1.29, 1.82) is 0 Å². The zero-order chi connectivity index (χ0) is 19.5. The number of nitrogens with one attached hydrogen (secondary N) is 1. The fourth-order valence-corrected chi connectivity index (χ4v) is 3.10. The van der Waals surface area contributed by atoms with E-state index in [0.29, 0.717) is 28.8 Å². The minimum atomic E-state index is -0.552. The molecule has 0 fully saturated rings. The number of rotatable bonds is 5. The largest absolute Gasteiger partial charge is 0.345 e. The molecular formula is C21H16F2N4O. The van der Waals surface area contributed by atoms with Crippen molar-refractivity contribution in [3.8, 4) is 0 Å². The predicted molar refractivity (Wildman–Crippen MR) is 99.7 cm³/mol. The monoisotopic (exact) mass is 378 g/mol. The Bertz CT molecular complexity index is 1140. The second-order valence-electron chi connectivity index (χ2n) is 6.36. The molecule has 0 aliphatic carbocycles. The first-order chi connectivity index (χ1) is 13.6. The van der Waals surface area contributed by atoms with Crippen LogP contribution in [0.15, 0.2) is 73.2 Å². The third kappa shape index (κ3) is 3.73. The molecule has 0 aliphatic heterocycles. The average Bonchev–Trinajstić information content (AvgIpc) is 3.12. The van der Waals surface area contributed by atoms with Crippen LogP contribution >= 0.6 is 0 Å². The maximum Gasteiger partial charge on any atom is 0.257 e. The smallest absolute Gasteiger partial charge is 0.257 e. The van der Waals surface area contributed by atoms with Crippen LogP contribution in [0.2, 0.25) is 0 Å². The van der Waals surface area contributed by atoms with Gasteiger partial charge in [0.25, 0.3) is 5.91 Å². The topological polar surface area (TPSA) is 59.3 Å². The molecule has 1 unspecified atom stereocenters. The number of amides is 1. The van der Waals surface area contributed by atoms with E-state index in [4.69, 9.17) is 0 Å². The average molecular weight is 378 g/mol. The van der Waals surface area contributed by atoms with E-state index in [1.807, 2.05) is 0 Å². The number of nitrogens with zero attached hydrogens (tertiary/aromatic N) is 3. The SMILES string of the molecule is O=C(NC(Cc1cccc(F)c1)c1cccc(F)c1)c1cnn2cccnc12. The molecule has 0 spiro atoms. The van der Waals surface area contributed by atoms with E-state index in [1.165, 1.54) is 35.0 Å². The number of hydrogen-bond acceptors (Lipinski definition) is 3. The van der Waals surface area contributed by atoms with Crippen molar-refractivity contribution in [2.24, 2.45) is 0 Å². The van der Waals surface area contributed by atoms with Crippen molar-refractivity contribution in [2.45, 2.75) is 12.5 Å². The maximum absolute atomic E-state index is 13.8. The van der Waals surface area contributed by atoms with Crippen LogP contribution in [0.1, 0.15) is 27.5 Å². The van der Waals surface area contributed by atoms with Gasteiger partial charge in [-0.25, -0.2) is 18.3 Å². The number of carbonyl (C=O) groups is 1. The van der Waals surface area contributed by atoms with Gasteiger partial charge in [0.05, 0.1) is 12.2 Å². The number of aromatic nitrogens is 3. The van der Waals surface area contributed by atoms with E-state index >= 15 is 0 Å². The minimum absolute atomic E-state index is 0.305. The Kier molecular flexibility index (Phi) is 4.80. The third-order valence-electron chi connectivity index (χ3n) is 4.41. The first-order valence-corrected chi connectivity index (χ1v) is 8.69. The van der Waals surface area contributed by atoms with Gasteiger partial charge in [0.15, 0.2) is 5.65 Å². The van der Waals surface area contributed by atoms with Gasteiger partial charge in [-0.15, -0.1) is 0 Å². The molecule has 4 aromatic rings. The van der Waals surface area contributed by atoms with Crippen LogP contribution in [0.5, 0.6) is 0 Å². The Morgan fingerprint density at radius 3 is 2.64 bits per heavy atom. The van der Waals surface area contributed by atoms with Crippen LogP contribution in [-0.4, -0.2) is 20.5 Å². The van der Waals surface area contributed by atoms with Gasteiger partial charge in [-0.2, -0.15) is 5.10 Å². The summed E-state index contributed by atoms with van der Waals surface area (Å²) in [5.74, 6) is -1.17. The van der Waals surface area contributed by atoms with Crippen LogP contribution in [0.25, 0.3) is 5.65 Å². The molecule has 0 saturated heterocycles. The highest BCUT2D eigenvalue weighted by atomic mass is 19.1. The summed E-state index contributed by atoms with van der Waals surface area (Å²) in [5.41, 5.74) is 2.00. The van der Waals surface area contributed by atoms with Crippen molar-refractivity contribution in [3.63, 3.8) is 0 Å². The van der Waals surface area contributed by atoms with Crippen molar-refractivity contribution >= 4 is 11.6 Å². The van der Waals surface area contributed by atoms with Crippen molar-refractivity contribution in [2.75, 3.05) is 0 Å². The predicted octanol–water partition coefficient (Wildman–Crippen LogP) is 3.72. The molecule has 2 aromatic heterocycles. The third-order valence-corrected chi connectivity index (χ3v) is 4.41. The number of halogens is 2. The molecule has 0 bridgehead atoms. The fraction of sp³-hybridized carbons (Fsp3) is 0.0952. The Morgan fingerprint density at radius 1 is 1.07 bits per heavy atom. The quantitative estimate of drug-likeness (QED) is 0.576. The normalized spacial score (nSPS) is 12.1. The van der Waals surface area contributed by atoms with Gasteiger partial charge in [-0.1, -0.05) is 24.3 Å². The molecule has 140 valence electrons. The van der Waals surface area contributed by atoms with Gasteiger partial charge in [0.2, 0.25) is 0 Å².